The van der Waals surface area contributed by atoms with Crippen molar-refractivity contribution < 1.29 is 13.2 Å². The van der Waals surface area contributed by atoms with E-state index in [1.165, 1.54) is 25.2 Å². The molecule has 134 valence electrons. The predicted molar refractivity (Wildman–Crippen MR) is 101 cm³/mol. The van der Waals surface area contributed by atoms with Gasteiger partial charge in [-0.1, -0.05) is 44.5 Å². The molecule has 0 atom stereocenters. The number of nitrogens with one attached hydrogen (secondary N) is 2. The van der Waals surface area contributed by atoms with Gasteiger partial charge in [0.05, 0.1) is 5.02 Å². The van der Waals surface area contributed by atoms with Crippen molar-refractivity contribution in [2.75, 3.05) is 12.4 Å². The van der Waals surface area contributed by atoms with E-state index in [0.717, 1.165) is 5.56 Å². The molecule has 2 aromatic carbocycles. The SMILES string of the molecule is CNS(=O)(=O)c1cc(C(=O)Nc2ccc(C(C)(C)C)cc2)ccc1Cl. The standard InChI is InChI=1S/C18H21ClN2O3S/c1-18(2,3)13-6-8-14(9-7-13)21-17(22)12-5-10-15(19)16(11-12)25(23,24)20-4/h5-11,20H,1-4H3,(H,21,22). The minimum absolute atomic E-state index is 0.0229. The monoisotopic (exact) mass is 380 g/mol. The smallest absolute Gasteiger partial charge is 0.255 e. The van der Waals surface area contributed by atoms with E-state index in [0.29, 0.717) is 5.69 Å². The van der Waals surface area contributed by atoms with Gasteiger partial charge < -0.3 is 5.32 Å². The maximum Gasteiger partial charge on any atom is 0.255 e. The average Bonchev–Trinajstić information content (AvgIpc) is 2.54. The van der Waals surface area contributed by atoms with Crippen molar-refractivity contribution in [2.45, 2.75) is 31.1 Å². The maximum absolute atomic E-state index is 12.4. The van der Waals surface area contributed by atoms with Crippen molar-refractivity contribution in [1.82, 2.24) is 4.72 Å². The van der Waals surface area contributed by atoms with E-state index in [1.807, 2.05) is 24.3 Å². The molecule has 0 heterocycles. The van der Waals surface area contributed by atoms with E-state index in [-0.39, 0.29) is 20.9 Å². The third kappa shape index (κ3) is 4.60. The van der Waals surface area contributed by atoms with Crippen LogP contribution < -0.4 is 10.0 Å². The van der Waals surface area contributed by atoms with Crippen LogP contribution in [0, 0.1) is 0 Å². The fourth-order valence-electron chi connectivity index (χ4n) is 2.22. The summed E-state index contributed by atoms with van der Waals surface area (Å²) in [5.74, 6) is -0.410. The van der Waals surface area contributed by atoms with E-state index in [9.17, 15) is 13.2 Å². The first-order valence-electron chi connectivity index (χ1n) is 7.69. The van der Waals surface area contributed by atoms with Crippen LogP contribution in [0.15, 0.2) is 47.4 Å². The summed E-state index contributed by atoms with van der Waals surface area (Å²) in [5.41, 5.74) is 2.01. The summed E-state index contributed by atoms with van der Waals surface area (Å²) in [5, 5.41) is 2.81. The van der Waals surface area contributed by atoms with E-state index in [1.54, 1.807) is 0 Å². The summed E-state index contributed by atoms with van der Waals surface area (Å²) in [6.45, 7) is 6.33. The molecule has 0 fully saturated rings. The lowest BCUT2D eigenvalue weighted by Gasteiger charge is -2.19. The van der Waals surface area contributed by atoms with Gasteiger partial charge in [-0.05, 0) is 48.4 Å². The molecule has 2 N–H and O–H groups in total. The number of halogens is 1. The molecule has 2 rings (SSSR count). The normalized spacial score (nSPS) is 12.0. The van der Waals surface area contributed by atoms with Crippen molar-refractivity contribution in [3.8, 4) is 0 Å². The number of hydrogen-bond acceptors (Lipinski definition) is 3. The summed E-state index contributed by atoms with van der Waals surface area (Å²) in [6, 6.07) is 11.7. The van der Waals surface area contributed by atoms with Crippen LogP contribution in [0.2, 0.25) is 5.02 Å². The number of amides is 1. The molecule has 0 aromatic heterocycles. The molecule has 2 aromatic rings. The van der Waals surface area contributed by atoms with E-state index >= 15 is 0 Å². The summed E-state index contributed by atoms with van der Waals surface area (Å²) in [7, 11) is -2.45. The van der Waals surface area contributed by atoms with Gasteiger partial charge in [0, 0.05) is 11.3 Å². The summed E-state index contributed by atoms with van der Waals surface area (Å²) in [6.07, 6.45) is 0. The highest BCUT2D eigenvalue weighted by molar-refractivity contribution is 7.89. The Kier molecular flexibility index (Phi) is 5.56. The molecule has 0 saturated carbocycles. The lowest BCUT2D eigenvalue weighted by molar-refractivity contribution is 0.102. The van der Waals surface area contributed by atoms with Crippen LogP contribution in [0.3, 0.4) is 0 Å². The molecule has 0 saturated heterocycles. The quantitative estimate of drug-likeness (QED) is 0.847. The maximum atomic E-state index is 12.4. The molecule has 0 unspecified atom stereocenters. The van der Waals surface area contributed by atoms with Crippen LogP contribution in [-0.2, 0) is 15.4 Å². The second kappa shape index (κ2) is 7.15. The minimum atomic E-state index is -3.74. The molecular weight excluding hydrogens is 360 g/mol. The van der Waals surface area contributed by atoms with Gasteiger partial charge in [-0.2, -0.15) is 0 Å². The fourth-order valence-corrected chi connectivity index (χ4v) is 3.47. The topological polar surface area (TPSA) is 75.3 Å². The van der Waals surface area contributed by atoms with Gasteiger partial charge in [0.15, 0.2) is 0 Å². The number of rotatable bonds is 4. The van der Waals surface area contributed by atoms with Crippen LogP contribution in [0.4, 0.5) is 5.69 Å². The predicted octanol–water partition coefficient (Wildman–Crippen LogP) is 3.80. The largest absolute Gasteiger partial charge is 0.322 e. The van der Waals surface area contributed by atoms with Crippen molar-refractivity contribution in [2.24, 2.45) is 0 Å². The minimum Gasteiger partial charge on any atom is -0.322 e. The van der Waals surface area contributed by atoms with Crippen molar-refractivity contribution >= 4 is 33.2 Å². The highest BCUT2D eigenvalue weighted by Gasteiger charge is 2.19. The van der Waals surface area contributed by atoms with Crippen molar-refractivity contribution in [1.29, 1.82) is 0 Å². The summed E-state index contributed by atoms with van der Waals surface area (Å²) in [4.78, 5) is 12.3. The Morgan fingerprint density at radius 2 is 1.64 bits per heavy atom. The highest BCUT2D eigenvalue weighted by Crippen LogP contribution is 2.25. The second-order valence-corrected chi connectivity index (χ2v) is 8.90. The number of benzene rings is 2. The van der Waals surface area contributed by atoms with Gasteiger partial charge in [-0.15, -0.1) is 0 Å². The summed E-state index contributed by atoms with van der Waals surface area (Å²) >= 11 is 5.93. The number of carbonyl (C=O) groups is 1. The van der Waals surface area contributed by atoms with Gasteiger partial charge >= 0.3 is 0 Å². The van der Waals surface area contributed by atoms with Gasteiger partial charge in [0.1, 0.15) is 4.90 Å². The zero-order chi connectivity index (χ0) is 18.8. The van der Waals surface area contributed by atoms with Gasteiger partial charge in [0.25, 0.3) is 5.91 Å². The first-order chi connectivity index (χ1) is 11.5. The molecule has 25 heavy (non-hydrogen) atoms. The Balaban J connectivity index is 2.26. The van der Waals surface area contributed by atoms with Gasteiger partial charge in [-0.3, -0.25) is 4.79 Å². The zero-order valence-corrected chi connectivity index (χ0v) is 16.1. The van der Waals surface area contributed by atoms with Gasteiger partial charge in [0.2, 0.25) is 10.0 Å². The van der Waals surface area contributed by atoms with E-state index in [2.05, 4.69) is 30.8 Å². The molecule has 0 aliphatic heterocycles. The van der Waals surface area contributed by atoms with Crippen LogP contribution in [0.5, 0.6) is 0 Å². The lowest BCUT2D eigenvalue weighted by Crippen LogP contribution is -2.20. The number of anilines is 1. The number of carbonyl (C=O) groups excluding carboxylic acids is 1. The number of hydrogen-bond donors (Lipinski definition) is 2. The highest BCUT2D eigenvalue weighted by atomic mass is 35.5. The molecule has 0 spiro atoms. The van der Waals surface area contributed by atoms with Crippen LogP contribution >= 0.6 is 11.6 Å². The van der Waals surface area contributed by atoms with E-state index in [4.69, 9.17) is 11.6 Å². The van der Waals surface area contributed by atoms with E-state index < -0.39 is 15.9 Å². The second-order valence-electron chi connectivity index (χ2n) is 6.63. The Hall–Kier alpha value is -1.89. The first kappa shape index (κ1) is 19.4. The van der Waals surface area contributed by atoms with Crippen molar-refractivity contribution in [3.63, 3.8) is 0 Å². The molecular formula is C18H21ClN2O3S. The van der Waals surface area contributed by atoms with Crippen LogP contribution in [0.25, 0.3) is 0 Å². The Labute approximate surface area is 153 Å². The summed E-state index contributed by atoms with van der Waals surface area (Å²) < 4.78 is 26.1. The van der Waals surface area contributed by atoms with Gasteiger partial charge in [-0.25, -0.2) is 13.1 Å². The molecule has 5 nitrogen and oxygen atoms in total. The third-order valence-electron chi connectivity index (χ3n) is 3.76. The first-order valence-corrected chi connectivity index (χ1v) is 9.56. The van der Waals surface area contributed by atoms with Crippen molar-refractivity contribution in [3.05, 3.63) is 58.6 Å². The van der Waals surface area contributed by atoms with Crippen LogP contribution in [-0.4, -0.2) is 21.4 Å². The molecule has 0 aliphatic carbocycles. The Morgan fingerprint density at radius 3 is 2.16 bits per heavy atom. The molecule has 7 heteroatoms. The Morgan fingerprint density at radius 1 is 1.04 bits per heavy atom. The molecule has 0 radical (unpaired) electrons. The zero-order valence-electron chi connectivity index (χ0n) is 14.6. The Bertz CT molecular complexity index is 886. The fraction of sp³-hybridized carbons (Fsp3) is 0.278. The lowest BCUT2D eigenvalue weighted by atomic mass is 9.87. The average molecular weight is 381 g/mol. The molecule has 0 aliphatic rings. The third-order valence-corrected chi connectivity index (χ3v) is 5.66. The molecule has 1 amide bonds. The molecule has 0 bridgehead atoms. The van der Waals surface area contributed by atoms with Crippen LogP contribution in [0.1, 0.15) is 36.7 Å². The number of sulfonamides is 1.